The highest BCUT2D eigenvalue weighted by molar-refractivity contribution is 7.90. The molecule has 7 heteroatoms. The average Bonchev–Trinajstić information content (AvgIpc) is 2.71. The van der Waals surface area contributed by atoms with Crippen molar-refractivity contribution < 1.29 is 13.2 Å². The van der Waals surface area contributed by atoms with Gasteiger partial charge in [-0.2, -0.15) is 0 Å². The Labute approximate surface area is 187 Å². The summed E-state index contributed by atoms with van der Waals surface area (Å²) < 4.78 is 31.7. The summed E-state index contributed by atoms with van der Waals surface area (Å²) >= 11 is 0. The first-order chi connectivity index (χ1) is 14.9. The van der Waals surface area contributed by atoms with E-state index in [1.807, 2.05) is 30.3 Å². The van der Waals surface area contributed by atoms with Gasteiger partial charge in [0.1, 0.15) is 16.8 Å². The molecule has 1 fully saturated rings. The minimum atomic E-state index is -3.83. The Morgan fingerprint density at radius 1 is 1.10 bits per heavy atom. The molecule has 0 radical (unpaired) electrons. The Morgan fingerprint density at radius 3 is 2.26 bits per heavy atom. The van der Waals surface area contributed by atoms with E-state index in [-0.39, 0.29) is 0 Å². The quantitative estimate of drug-likeness (QED) is 0.526. The number of hydrogen-bond donors (Lipinski definition) is 1. The Balaban J connectivity index is 2.05. The summed E-state index contributed by atoms with van der Waals surface area (Å²) in [5.41, 5.74) is 2.00. The van der Waals surface area contributed by atoms with Gasteiger partial charge in [-0.15, -0.1) is 0 Å². The monoisotopic (exact) mass is 447 g/mol. The summed E-state index contributed by atoms with van der Waals surface area (Å²) in [4.78, 5) is 4.66. The van der Waals surface area contributed by atoms with E-state index in [4.69, 9.17) is 9.88 Å². The van der Waals surface area contributed by atoms with Gasteiger partial charge in [-0.3, -0.25) is 4.90 Å². The summed E-state index contributed by atoms with van der Waals surface area (Å²) in [6.45, 7) is 9.03. The van der Waals surface area contributed by atoms with Crippen LogP contribution in [-0.4, -0.2) is 56.2 Å². The standard InChI is InChI=1S/C24H37N3O3S/c1-3-5-15-27(16-6-4-2)22-17-20(19-26-13-10-14-26)18-23(31(25,28)29)24(22)30-21-11-8-7-9-12-21/h7-9,11-12,17,23H,3-6,10,13-16,18-19H2,1-2H3,(H2,25,28,29). The normalized spacial score (nSPS) is 19.7. The van der Waals surface area contributed by atoms with Crippen LogP contribution in [0.15, 0.2) is 53.4 Å². The molecular formula is C24H37N3O3S. The molecule has 0 saturated carbocycles. The van der Waals surface area contributed by atoms with E-state index >= 15 is 0 Å². The third-order valence-electron chi connectivity index (χ3n) is 5.98. The highest BCUT2D eigenvalue weighted by Crippen LogP contribution is 2.33. The first kappa shape index (κ1) is 23.8. The lowest BCUT2D eigenvalue weighted by molar-refractivity contribution is 0.195. The zero-order chi connectivity index (χ0) is 22.3. The van der Waals surface area contributed by atoms with Gasteiger partial charge in [-0.1, -0.05) is 50.5 Å². The first-order valence-electron chi connectivity index (χ1n) is 11.6. The topological polar surface area (TPSA) is 75.9 Å². The number of para-hydroxylation sites is 1. The summed E-state index contributed by atoms with van der Waals surface area (Å²) in [5.74, 6) is 1.10. The number of nitrogens with zero attached hydrogens (tertiary/aromatic N) is 2. The number of rotatable bonds is 12. The number of sulfonamides is 1. The van der Waals surface area contributed by atoms with Crippen molar-refractivity contribution in [2.24, 2.45) is 5.14 Å². The number of likely N-dealkylation sites (tertiary alicyclic amines) is 1. The fourth-order valence-corrected chi connectivity index (χ4v) is 4.97. The lowest BCUT2D eigenvalue weighted by Gasteiger charge is -2.37. The zero-order valence-electron chi connectivity index (χ0n) is 18.9. The average molecular weight is 448 g/mol. The van der Waals surface area contributed by atoms with Crippen molar-refractivity contribution in [3.8, 4) is 5.75 Å². The molecule has 1 aliphatic carbocycles. The van der Waals surface area contributed by atoms with Gasteiger partial charge in [0.2, 0.25) is 10.0 Å². The van der Waals surface area contributed by atoms with Gasteiger partial charge < -0.3 is 9.64 Å². The number of hydrogen-bond acceptors (Lipinski definition) is 5. The molecular weight excluding hydrogens is 410 g/mol. The minimum absolute atomic E-state index is 0.385. The summed E-state index contributed by atoms with van der Waals surface area (Å²) in [5, 5.41) is 4.89. The number of primary sulfonamides is 1. The summed E-state index contributed by atoms with van der Waals surface area (Å²) in [6.07, 6.45) is 8.00. The number of allylic oxidation sites excluding steroid dienone is 1. The largest absolute Gasteiger partial charge is 0.458 e. The second-order valence-electron chi connectivity index (χ2n) is 8.57. The number of benzene rings is 1. The molecule has 1 unspecified atom stereocenters. The van der Waals surface area contributed by atoms with Crippen molar-refractivity contribution in [2.75, 3.05) is 32.7 Å². The highest BCUT2D eigenvalue weighted by Gasteiger charge is 2.36. The molecule has 31 heavy (non-hydrogen) atoms. The van der Waals surface area contributed by atoms with E-state index in [1.54, 1.807) is 0 Å². The molecule has 0 spiro atoms. The van der Waals surface area contributed by atoms with Gasteiger partial charge in [-0.25, -0.2) is 13.6 Å². The Kier molecular flexibility index (Phi) is 8.58. The Bertz CT molecular complexity index is 869. The van der Waals surface area contributed by atoms with E-state index in [0.29, 0.717) is 17.9 Å². The highest BCUT2D eigenvalue weighted by atomic mass is 32.2. The van der Waals surface area contributed by atoms with Gasteiger partial charge in [0.15, 0.2) is 0 Å². The number of ether oxygens (including phenoxy) is 1. The molecule has 6 nitrogen and oxygen atoms in total. The van der Waals surface area contributed by atoms with E-state index in [9.17, 15) is 8.42 Å². The molecule has 1 heterocycles. The molecule has 0 amide bonds. The molecule has 2 N–H and O–H groups in total. The molecule has 0 bridgehead atoms. The first-order valence-corrected chi connectivity index (χ1v) is 13.2. The van der Waals surface area contributed by atoms with Crippen molar-refractivity contribution >= 4 is 10.0 Å². The van der Waals surface area contributed by atoms with E-state index in [0.717, 1.165) is 69.7 Å². The van der Waals surface area contributed by atoms with Crippen LogP contribution in [0.25, 0.3) is 0 Å². The minimum Gasteiger partial charge on any atom is -0.458 e. The third kappa shape index (κ3) is 6.57. The van der Waals surface area contributed by atoms with Gasteiger partial charge in [0.25, 0.3) is 0 Å². The fraction of sp³-hybridized carbons (Fsp3) is 0.583. The van der Waals surface area contributed by atoms with Crippen LogP contribution in [0.3, 0.4) is 0 Å². The van der Waals surface area contributed by atoms with Crippen molar-refractivity contribution in [3.05, 3.63) is 53.4 Å². The van der Waals surface area contributed by atoms with Gasteiger partial charge >= 0.3 is 0 Å². The van der Waals surface area contributed by atoms with Gasteiger partial charge in [0, 0.05) is 19.6 Å². The molecule has 2 aliphatic rings. The molecule has 3 rings (SSSR count). The molecule has 1 saturated heterocycles. The second-order valence-corrected chi connectivity index (χ2v) is 10.3. The van der Waals surface area contributed by atoms with Crippen LogP contribution >= 0.6 is 0 Å². The van der Waals surface area contributed by atoms with Crippen LogP contribution in [0, 0.1) is 0 Å². The van der Waals surface area contributed by atoms with Crippen LogP contribution in [0.1, 0.15) is 52.4 Å². The third-order valence-corrected chi connectivity index (χ3v) is 7.15. The van der Waals surface area contributed by atoms with Crippen molar-refractivity contribution in [3.63, 3.8) is 0 Å². The lowest BCUT2D eigenvalue weighted by atomic mass is 9.98. The van der Waals surface area contributed by atoms with Gasteiger partial charge in [-0.05, 0) is 57.0 Å². The van der Waals surface area contributed by atoms with Crippen molar-refractivity contribution in [1.29, 1.82) is 0 Å². The maximum atomic E-state index is 12.7. The Hall–Kier alpha value is -1.83. The molecule has 1 aromatic carbocycles. The van der Waals surface area contributed by atoms with Crippen LogP contribution in [0.2, 0.25) is 0 Å². The predicted octanol–water partition coefficient (Wildman–Crippen LogP) is 3.87. The maximum absolute atomic E-state index is 12.7. The van der Waals surface area contributed by atoms with E-state index in [2.05, 4.69) is 29.7 Å². The molecule has 1 aromatic rings. The number of unbranched alkanes of at least 4 members (excludes halogenated alkanes) is 2. The summed E-state index contributed by atoms with van der Waals surface area (Å²) in [6, 6.07) is 9.40. The molecule has 1 aliphatic heterocycles. The predicted molar refractivity (Wildman–Crippen MR) is 126 cm³/mol. The van der Waals surface area contributed by atoms with Crippen molar-refractivity contribution in [2.45, 2.75) is 57.6 Å². The van der Waals surface area contributed by atoms with Crippen LogP contribution < -0.4 is 9.88 Å². The van der Waals surface area contributed by atoms with E-state index < -0.39 is 15.3 Å². The lowest BCUT2D eigenvalue weighted by Crippen LogP contribution is -2.42. The molecule has 172 valence electrons. The maximum Gasteiger partial charge on any atom is 0.219 e. The zero-order valence-corrected chi connectivity index (χ0v) is 19.7. The fourth-order valence-electron chi connectivity index (χ4n) is 4.05. The number of nitrogens with two attached hydrogens (primary N) is 1. The van der Waals surface area contributed by atoms with Gasteiger partial charge in [0.05, 0.1) is 5.70 Å². The molecule has 1 atom stereocenters. The van der Waals surface area contributed by atoms with E-state index in [1.165, 1.54) is 6.42 Å². The SMILES string of the molecule is CCCCN(CCCC)C1=C(Oc2ccccc2)C(S(N)(=O)=O)CC(CN2CCC2)=C1. The van der Waals surface area contributed by atoms with Crippen molar-refractivity contribution in [1.82, 2.24) is 9.80 Å². The van der Waals surface area contributed by atoms with Crippen LogP contribution in [-0.2, 0) is 10.0 Å². The molecule has 0 aromatic heterocycles. The van der Waals surface area contributed by atoms with Crippen LogP contribution in [0.5, 0.6) is 5.75 Å². The summed E-state index contributed by atoms with van der Waals surface area (Å²) in [7, 11) is -3.83. The second kappa shape index (κ2) is 11.2. The smallest absolute Gasteiger partial charge is 0.219 e. The Morgan fingerprint density at radius 2 is 1.74 bits per heavy atom. The van der Waals surface area contributed by atoms with Crippen LogP contribution in [0.4, 0.5) is 0 Å².